The number of ether oxygens (including phenoxy) is 4. The summed E-state index contributed by atoms with van der Waals surface area (Å²) in [5.41, 5.74) is -1.87. The molecule has 208 valence electrons. The van der Waals surface area contributed by atoms with Crippen molar-refractivity contribution >= 4 is 24.7 Å². The molecule has 0 amide bonds. The summed E-state index contributed by atoms with van der Waals surface area (Å²) in [4.78, 5) is 14.3. The fourth-order valence-electron chi connectivity index (χ4n) is 8.82. The van der Waals surface area contributed by atoms with Crippen molar-refractivity contribution in [3.63, 3.8) is 0 Å². The van der Waals surface area contributed by atoms with Gasteiger partial charge in [-0.1, -0.05) is 93.6 Å². The Morgan fingerprint density at radius 1 is 0.925 bits per heavy atom. The second-order valence-corrected chi connectivity index (χ2v) is 17.5. The van der Waals surface area contributed by atoms with Gasteiger partial charge in [0, 0.05) is 6.42 Å². The number of benzene rings is 2. The van der Waals surface area contributed by atoms with Crippen LogP contribution in [-0.2, 0) is 28.2 Å². The third kappa shape index (κ3) is 2.76. The average Bonchev–Trinajstić information content (AvgIpc) is 3.71. The number of carbonyl (C=O) groups is 1. The van der Waals surface area contributed by atoms with Crippen molar-refractivity contribution in [1.29, 1.82) is 0 Å². The van der Waals surface area contributed by atoms with E-state index < -0.39 is 36.8 Å². The summed E-state index contributed by atoms with van der Waals surface area (Å²) in [5.74, 6) is -1.20. The molecule has 2 saturated carbocycles. The third-order valence-corrected chi connectivity index (χ3v) is 15.6. The molecule has 0 N–H and O–H groups in total. The van der Waals surface area contributed by atoms with Gasteiger partial charge in [0.1, 0.15) is 11.5 Å². The van der Waals surface area contributed by atoms with Gasteiger partial charge in [-0.05, 0) is 46.3 Å². The number of rotatable bonds is 4. The number of fused-ring (bicyclic) bond motifs is 1. The van der Waals surface area contributed by atoms with Crippen molar-refractivity contribution in [2.45, 2.75) is 80.7 Å². The lowest BCUT2D eigenvalue weighted by Gasteiger charge is -2.49. The molecule has 2 aliphatic carbocycles. The smallest absolute Gasteiger partial charge is 0.320 e. The second kappa shape index (κ2) is 8.05. The van der Waals surface area contributed by atoms with Gasteiger partial charge in [-0.3, -0.25) is 4.79 Å². The van der Waals surface area contributed by atoms with Crippen molar-refractivity contribution in [2.24, 2.45) is 5.41 Å². The van der Waals surface area contributed by atoms with Crippen LogP contribution in [0, 0.1) is 5.41 Å². The summed E-state index contributed by atoms with van der Waals surface area (Å²) in [5, 5.41) is 2.21. The van der Waals surface area contributed by atoms with Crippen LogP contribution in [0.2, 0.25) is 5.04 Å². The van der Waals surface area contributed by atoms with Crippen LogP contribution in [-0.4, -0.2) is 56.7 Å². The summed E-state index contributed by atoms with van der Waals surface area (Å²) >= 11 is 0. The molecule has 5 aliphatic heterocycles. The molecule has 2 aromatic carbocycles. The van der Waals surface area contributed by atoms with E-state index >= 15 is 0 Å². The topological polar surface area (TPSA) is 63.2 Å². The average molecular weight is 557 g/mol. The predicted octanol–water partition coefficient (Wildman–Crippen LogP) is 4.18. The quantitative estimate of drug-likeness (QED) is 0.320. The van der Waals surface area contributed by atoms with Crippen LogP contribution >= 0.6 is 0 Å². The fraction of sp³-hybridized carbons (Fsp3) is 0.485. The van der Waals surface area contributed by atoms with Crippen molar-refractivity contribution < 1.29 is 28.2 Å². The SMILES string of the molecule is CC(C)(C)[Si](O[C@H]1CCC2=C[C@@]34CCC5(OCCO5)[C@@]35C=C[C@H](O5)[C@]21OC4=O)(c1ccccc1)c1ccccc1. The van der Waals surface area contributed by atoms with Crippen molar-refractivity contribution in [3.8, 4) is 0 Å². The van der Waals surface area contributed by atoms with Gasteiger partial charge in [0.05, 0.1) is 19.3 Å². The van der Waals surface area contributed by atoms with Crippen LogP contribution in [0.3, 0.4) is 0 Å². The molecular weight excluding hydrogens is 520 g/mol. The summed E-state index contributed by atoms with van der Waals surface area (Å²) in [6.45, 7) is 7.83. The molecule has 2 saturated heterocycles. The summed E-state index contributed by atoms with van der Waals surface area (Å²) in [7, 11) is -2.92. The van der Waals surface area contributed by atoms with Gasteiger partial charge < -0.3 is 23.4 Å². The highest BCUT2D eigenvalue weighted by Gasteiger charge is 2.82. The molecule has 2 aromatic rings. The zero-order valence-electron chi connectivity index (χ0n) is 23.4. The predicted molar refractivity (Wildman–Crippen MR) is 152 cm³/mol. The molecule has 7 heteroatoms. The van der Waals surface area contributed by atoms with Gasteiger partial charge in [-0.2, -0.15) is 0 Å². The Bertz CT molecular complexity index is 1380. The molecule has 9 rings (SSSR count). The second-order valence-electron chi connectivity index (χ2n) is 13.2. The van der Waals surface area contributed by atoms with E-state index in [1.54, 1.807) is 0 Å². The molecule has 0 radical (unpaired) electrons. The van der Waals surface area contributed by atoms with E-state index in [2.05, 4.69) is 99.7 Å². The Morgan fingerprint density at radius 3 is 2.20 bits per heavy atom. The molecule has 4 fully saturated rings. The first-order valence-electron chi connectivity index (χ1n) is 14.6. The Morgan fingerprint density at radius 2 is 1.57 bits per heavy atom. The van der Waals surface area contributed by atoms with E-state index in [-0.39, 0.29) is 17.1 Å². The molecule has 4 spiro atoms. The minimum Gasteiger partial charge on any atom is -0.448 e. The zero-order valence-corrected chi connectivity index (χ0v) is 24.4. The number of carbonyl (C=O) groups excluding carboxylic acids is 1. The van der Waals surface area contributed by atoms with E-state index in [0.29, 0.717) is 26.1 Å². The zero-order chi connectivity index (χ0) is 27.4. The van der Waals surface area contributed by atoms with Crippen molar-refractivity contribution in [3.05, 3.63) is 84.5 Å². The van der Waals surface area contributed by atoms with Crippen LogP contribution < -0.4 is 10.4 Å². The maximum absolute atomic E-state index is 14.3. The molecular formula is C33H36O6Si. The summed E-state index contributed by atoms with van der Waals surface area (Å²) in [6, 6.07) is 21.3. The van der Waals surface area contributed by atoms with Crippen molar-refractivity contribution in [1.82, 2.24) is 0 Å². The summed E-state index contributed by atoms with van der Waals surface area (Å²) in [6.07, 6.45) is 8.24. The molecule has 0 aromatic heterocycles. The molecule has 5 atom stereocenters. The molecule has 0 unspecified atom stereocenters. The van der Waals surface area contributed by atoms with E-state index in [1.807, 2.05) is 0 Å². The Balaban J connectivity index is 1.30. The van der Waals surface area contributed by atoms with Crippen molar-refractivity contribution in [2.75, 3.05) is 13.2 Å². The summed E-state index contributed by atoms with van der Waals surface area (Å²) < 4.78 is 33.9. The molecule has 5 heterocycles. The highest BCUT2D eigenvalue weighted by molar-refractivity contribution is 6.99. The van der Waals surface area contributed by atoms with Gasteiger partial charge in [-0.15, -0.1) is 0 Å². The lowest BCUT2D eigenvalue weighted by Crippen LogP contribution is -2.70. The van der Waals surface area contributed by atoms with E-state index in [9.17, 15) is 4.79 Å². The standard InChI is InChI=1S/C33H36O6Si/c1-29(2,3)40(24-10-6-4-7-11-24,25-12-8-5-9-13-25)39-27-15-14-23-22-30-18-19-32(35-20-21-36-32)31(30)17-16-26(37-31)33(23,27)38-28(30)34/h4-13,16-17,22,26-27H,14-15,18-21H2,1-3H3/t26-,27-,30+,31+,33+/m0/s1. The molecule has 6 nitrogen and oxygen atoms in total. The van der Waals surface area contributed by atoms with E-state index in [0.717, 1.165) is 18.4 Å². The van der Waals surface area contributed by atoms with Crippen LogP contribution in [0.5, 0.6) is 0 Å². The first-order chi connectivity index (χ1) is 19.2. The molecule has 4 bridgehead atoms. The van der Waals surface area contributed by atoms with Crippen LogP contribution in [0.1, 0.15) is 46.5 Å². The van der Waals surface area contributed by atoms with Gasteiger partial charge in [-0.25, -0.2) is 0 Å². The lowest BCUT2D eigenvalue weighted by atomic mass is 9.68. The number of esters is 1. The van der Waals surface area contributed by atoms with Gasteiger partial charge in [0.25, 0.3) is 8.32 Å². The first-order valence-corrected chi connectivity index (χ1v) is 16.5. The highest BCUT2D eigenvalue weighted by atomic mass is 28.4. The maximum Gasteiger partial charge on any atom is 0.320 e. The van der Waals surface area contributed by atoms with E-state index in [1.165, 1.54) is 10.4 Å². The fourth-order valence-corrected chi connectivity index (χ4v) is 13.6. The maximum atomic E-state index is 14.3. The molecule has 7 aliphatic rings. The Hall–Kier alpha value is -2.55. The Kier molecular flexibility index (Phi) is 5.06. The minimum absolute atomic E-state index is 0.205. The first kappa shape index (κ1) is 25.2. The monoisotopic (exact) mass is 556 g/mol. The van der Waals surface area contributed by atoms with Crippen LogP contribution in [0.25, 0.3) is 0 Å². The Labute approximate surface area is 236 Å². The van der Waals surface area contributed by atoms with Gasteiger partial charge in [0.2, 0.25) is 5.79 Å². The third-order valence-electron chi connectivity index (χ3n) is 10.5. The number of hydrogen-bond donors (Lipinski definition) is 0. The van der Waals surface area contributed by atoms with Crippen LogP contribution in [0.4, 0.5) is 0 Å². The number of hydrogen-bond acceptors (Lipinski definition) is 6. The normalized spacial score (nSPS) is 36.9. The lowest BCUT2D eigenvalue weighted by molar-refractivity contribution is -0.267. The minimum atomic E-state index is -2.92. The molecule has 40 heavy (non-hydrogen) atoms. The largest absolute Gasteiger partial charge is 0.448 e. The van der Waals surface area contributed by atoms with Gasteiger partial charge >= 0.3 is 5.97 Å². The van der Waals surface area contributed by atoms with E-state index in [4.69, 9.17) is 23.4 Å². The highest BCUT2D eigenvalue weighted by Crippen LogP contribution is 2.69. The van der Waals surface area contributed by atoms with Crippen LogP contribution in [0.15, 0.2) is 84.5 Å². The van der Waals surface area contributed by atoms with Gasteiger partial charge in [0.15, 0.2) is 11.2 Å².